The van der Waals surface area contributed by atoms with E-state index < -0.39 is 0 Å². The number of allylic oxidation sites excluding steroid dienone is 2. The van der Waals surface area contributed by atoms with Gasteiger partial charge in [-0.2, -0.15) is 0 Å². The van der Waals surface area contributed by atoms with Crippen molar-refractivity contribution in [1.29, 1.82) is 0 Å². The predicted molar refractivity (Wildman–Crippen MR) is 114 cm³/mol. The molecular formula is C24H32N2O5. The van der Waals surface area contributed by atoms with Gasteiger partial charge in [0.2, 0.25) is 17.7 Å². The summed E-state index contributed by atoms with van der Waals surface area (Å²) in [5, 5.41) is 0. The number of amides is 3. The Morgan fingerprint density at radius 3 is 2.32 bits per heavy atom. The number of likely N-dealkylation sites (tertiary alicyclic amines) is 1. The molecule has 7 heteroatoms. The number of unbranched alkanes of at least 4 members (excludes halogenated alkanes) is 3. The first kappa shape index (κ1) is 23.1. The first-order valence-electron chi connectivity index (χ1n) is 11.4. The number of esters is 1. The molecule has 0 spiro atoms. The van der Waals surface area contributed by atoms with Crippen LogP contribution < -0.4 is 0 Å². The molecule has 3 aliphatic rings. The van der Waals surface area contributed by atoms with Crippen molar-refractivity contribution >= 4 is 23.7 Å². The van der Waals surface area contributed by atoms with E-state index in [4.69, 9.17) is 11.2 Å². The van der Waals surface area contributed by atoms with Gasteiger partial charge in [0.25, 0.3) is 0 Å². The van der Waals surface area contributed by atoms with Gasteiger partial charge in [-0.05, 0) is 31.1 Å². The highest BCUT2D eigenvalue weighted by Crippen LogP contribution is 2.57. The Hall–Kier alpha value is -2.62. The molecule has 2 fully saturated rings. The first-order valence-corrected chi connectivity index (χ1v) is 11.4. The standard InChI is InChI=1S/C24H32N2O5/c1-3-5-16-31-20(28)12-15-25(13-4-2)19(27)9-7-6-8-14-26-23(29)21-17-10-11-18(17)22(21)24(26)30/h2,10-11,17-18,21-22H,3,5-9,12-16H2,1H3. The number of hydrogen-bond donors (Lipinski definition) is 0. The van der Waals surface area contributed by atoms with Crippen molar-refractivity contribution in [3.8, 4) is 12.3 Å². The third kappa shape index (κ3) is 5.00. The maximum absolute atomic E-state index is 12.5. The molecule has 0 radical (unpaired) electrons. The van der Waals surface area contributed by atoms with E-state index in [0.717, 1.165) is 19.3 Å². The Morgan fingerprint density at radius 2 is 1.74 bits per heavy atom. The molecule has 1 saturated carbocycles. The van der Waals surface area contributed by atoms with E-state index >= 15 is 0 Å². The maximum atomic E-state index is 12.5. The second kappa shape index (κ2) is 10.6. The lowest BCUT2D eigenvalue weighted by atomic mass is 9.52. The lowest BCUT2D eigenvalue weighted by Crippen LogP contribution is -2.50. The molecular weight excluding hydrogens is 396 g/mol. The summed E-state index contributed by atoms with van der Waals surface area (Å²) in [6, 6.07) is 0. The van der Waals surface area contributed by atoms with E-state index in [1.54, 1.807) is 0 Å². The van der Waals surface area contributed by atoms with Crippen molar-refractivity contribution in [3.05, 3.63) is 12.2 Å². The van der Waals surface area contributed by atoms with Crippen LogP contribution in [0.15, 0.2) is 12.2 Å². The fourth-order valence-electron chi connectivity index (χ4n) is 4.66. The first-order chi connectivity index (χ1) is 15.0. The van der Waals surface area contributed by atoms with Crippen molar-refractivity contribution in [1.82, 2.24) is 9.80 Å². The Labute approximate surface area is 184 Å². The van der Waals surface area contributed by atoms with E-state index in [9.17, 15) is 19.2 Å². The SMILES string of the molecule is C#CCN(CCC(=O)OCCCC)C(=O)CCCCCN1C(=O)C2C3C=CC3C2C1=O. The van der Waals surface area contributed by atoms with Crippen LogP contribution in [0.2, 0.25) is 0 Å². The summed E-state index contributed by atoms with van der Waals surface area (Å²) in [6.07, 6.45) is 13.8. The lowest BCUT2D eigenvalue weighted by Gasteiger charge is -2.48. The quantitative estimate of drug-likeness (QED) is 0.148. The Balaban J connectivity index is 1.32. The summed E-state index contributed by atoms with van der Waals surface area (Å²) < 4.78 is 5.11. The van der Waals surface area contributed by atoms with Gasteiger partial charge < -0.3 is 9.64 Å². The van der Waals surface area contributed by atoms with E-state index in [2.05, 4.69) is 5.92 Å². The third-order valence-electron chi connectivity index (χ3n) is 6.57. The number of hydrogen-bond acceptors (Lipinski definition) is 5. The largest absolute Gasteiger partial charge is 0.466 e. The zero-order valence-corrected chi connectivity index (χ0v) is 18.3. The van der Waals surface area contributed by atoms with E-state index in [0.29, 0.717) is 32.4 Å². The van der Waals surface area contributed by atoms with Gasteiger partial charge in [0.15, 0.2) is 0 Å². The molecule has 0 aromatic heterocycles. The summed E-state index contributed by atoms with van der Waals surface area (Å²) in [5.74, 6) is 2.29. The van der Waals surface area contributed by atoms with Crippen molar-refractivity contribution in [2.24, 2.45) is 23.7 Å². The number of fused-ring (bicyclic) bond motifs is 4. The van der Waals surface area contributed by atoms with E-state index in [-0.39, 0.29) is 66.9 Å². The van der Waals surface area contributed by atoms with Gasteiger partial charge in [-0.3, -0.25) is 24.1 Å². The maximum Gasteiger partial charge on any atom is 0.307 e. The van der Waals surface area contributed by atoms with Gasteiger partial charge in [-0.15, -0.1) is 6.42 Å². The molecule has 7 nitrogen and oxygen atoms in total. The molecule has 2 aliphatic carbocycles. The highest BCUT2D eigenvalue weighted by molar-refractivity contribution is 6.07. The summed E-state index contributed by atoms with van der Waals surface area (Å²) in [7, 11) is 0. The molecule has 0 bridgehead atoms. The highest BCUT2D eigenvalue weighted by Gasteiger charge is 2.64. The second-order valence-corrected chi connectivity index (χ2v) is 8.57. The van der Waals surface area contributed by atoms with Crippen molar-refractivity contribution in [3.63, 3.8) is 0 Å². The van der Waals surface area contributed by atoms with Crippen LogP contribution in [-0.2, 0) is 23.9 Å². The summed E-state index contributed by atoms with van der Waals surface area (Å²) in [4.78, 5) is 52.1. The summed E-state index contributed by atoms with van der Waals surface area (Å²) in [6.45, 7) is 3.27. The predicted octanol–water partition coefficient (Wildman–Crippen LogP) is 2.16. The van der Waals surface area contributed by atoms with Crippen LogP contribution in [0.3, 0.4) is 0 Å². The van der Waals surface area contributed by atoms with Crippen molar-refractivity contribution in [2.45, 2.75) is 51.9 Å². The van der Waals surface area contributed by atoms with Crippen LogP contribution in [0.5, 0.6) is 0 Å². The van der Waals surface area contributed by atoms with Gasteiger partial charge in [0.1, 0.15) is 0 Å². The van der Waals surface area contributed by atoms with Gasteiger partial charge in [-0.1, -0.05) is 37.8 Å². The monoisotopic (exact) mass is 428 g/mol. The summed E-state index contributed by atoms with van der Waals surface area (Å²) in [5.41, 5.74) is 0. The molecule has 4 unspecified atom stereocenters. The average molecular weight is 429 g/mol. The molecule has 4 atom stereocenters. The minimum absolute atomic E-state index is 0.0253. The van der Waals surface area contributed by atoms with Crippen molar-refractivity contribution in [2.75, 3.05) is 26.2 Å². The topological polar surface area (TPSA) is 84.0 Å². The number of terminal acetylenes is 1. The van der Waals surface area contributed by atoms with Gasteiger partial charge in [0, 0.05) is 19.5 Å². The van der Waals surface area contributed by atoms with Crippen LogP contribution in [0.25, 0.3) is 0 Å². The number of nitrogens with zero attached hydrogens (tertiary/aromatic N) is 2. The van der Waals surface area contributed by atoms with E-state index in [1.807, 2.05) is 19.1 Å². The molecule has 3 rings (SSSR count). The van der Waals surface area contributed by atoms with Crippen LogP contribution in [0, 0.1) is 36.0 Å². The smallest absolute Gasteiger partial charge is 0.307 e. The van der Waals surface area contributed by atoms with Crippen LogP contribution in [0.4, 0.5) is 0 Å². The minimum Gasteiger partial charge on any atom is -0.466 e. The number of rotatable bonds is 13. The van der Waals surface area contributed by atoms with Crippen LogP contribution in [0.1, 0.15) is 51.9 Å². The number of carbonyl (C=O) groups is 4. The molecule has 168 valence electrons. The molecule has 0 aromatic rings. The minimum atomic E-state index is -0.319. The number of ether oxygens (including phenoxy) is 1. The molecule has 1 heterocycles. The number of carbonyl (C=O) groups excluding carboxylic acids is 4. The van der Waals surface area contributed by atoms with E-state index in [1.165, 1.54) is 9.80 Å². The molecule has 0 N–H and O–H groups in total. The van der Waals surface area contributed by atoms with Gasteiger partial charge in [-0.25, -0.2) is 0 Å². The molecule has 1 aliphatic heterocycles. The Kier molecular flexibility index (Phi) is 7.89. The fourth-order valence-corrected chi connectivity index (χ4v) is 4.66. The highest BCUT2D eigenvalue weighted by atomic mass is 16.5. The van der Waals surface area contributed by atoms with Gasteiger partial charge >= 0.3 is 5.97 Å². The Morgan fingerprint density at radius 1 is 1.06 bits per heavy atom. The van der Waals surface area contributed by atoms with Gasteiger partial charge in [0.05, 0.1) is 31.4 Å². The molecule has 1 saturated heterocycles. The Bertz CT molecular complexity index is 753. The normalized spacial score (nSPS) is 25.2. The van der Waals surface area contributed by atoms with Crippen LogP contribution >= 0.6 is 0 Å². The molecule has 31 heavy (non-hydrogen) atoms. The third-order valence-corrected chi connectivity index (χ3v) is 6.57. The molecule has 0 aromatic carbocycles. The van der Waals surface area contributed by atoms with Crippen LogP contribution in [-0.4, -0.2) is 59.7 Å². The second-order valence-electron chi connectivity index (χ2n) is 8.57. The fraction of sp³-hybridized carbons (Fsp3) is 0.667. The summed E-state index contributed by atoms with van der Waals surface area (Å²) >= 11 is 0. The zero-order valence-electron chi connectivity index (χ0n) is 18.3. The average Bonchev–Trinajstić information content (AvgIpc) is 2.93. The lowest BCUT2D eigenvalue weighted by molar-refractivity contribution is -0.145. The molecule has 3 amide bonds. The number of imide groups is 1. The van der Waals surface area contributed by atoms with Crippen molar-refractivity contribution < 1.29 is 23.9 Å². The zero-order chi connectivity index (χ0) is 22.4.